The van der Waals surface area contributed by atoms with E-state index in [1.54, 1.807) is 12.2 Å². The number of carbonyl (C=O) groups is 2. The summed E-state index contributed by atoms with van der Waals surface area (Å²) in [6.45, 7) is -0.720. The van der Waals surface area contributed by atoms with Crippen LogP contribution in [0.3, 0.4) is 0 Å². The smallest absolute Gasteiger partial charge is 0.305 e. The van der Waals surface area contributed by atoms with Gasteiger partial charge in [0.2, 0.25) is 0 Å². The highest BCUT2D eigenvalue weighted by Crippen LogP contribution is 2.36. The molecule has 0 saturated heterocycles. The van der Waals surface area contributed by atoms with Crippen LogP contribution in [0.5, 0.6) is 0 Å². The maximum atomic E-state index is 12.4. The van der Waals surface area contributed by atoms with Crippen molar-refractivity contribution in [3.63, 3.8) is 0 Å². The monoisotopic (exact) mass is 285 g/mol. The van der Waals surface area contributed by atoms with E-state index in [4.69, 9.17) is 15.9 Å². The minimum atomic E-state index is -1.57. The van der Waals surface area contributed by atoms with Crippen LogP contribution in [0.2, 0.25) is 0 Å². The summed E-state index contributed by atoms with van der Waals surface area (Å²) in [6, 6.07) is -1.30. The summed E-state index contributed by atoms with van der Waals surface area (Å²) in [5, 5.41) is 37.3. The SMILES string of the molecule is N[C@@H](CC(=O)O)C(=O)C1(C(O)C(O)CO)C=CC=CC1. The van der Waals surface area contributed by atoms with Gasteiger partial charge in [0.15, 0.2) is 5.78 Å². The number of carboxylic acid groups (broad SMARTS) is 1. The van der Waals surface area contributed by atoms with Gasteiger partial charge in [0.1, 0.15) is 6.10 Å². The summed E-state index contributed by atoms with van der Waals surface area (Å²) in [4.78, 5) is 23.0. The van der Waals surface area contributed by atoms with Crippen molar-refractivity contribution in [2.24, 2.45) is 11.1 Å². The molecule has 0 heterocycles. The second kappa shape index (κ2) is 6.76. The summed E-state index contributed by atoms with van der Waals surface area (Å²) in [7, 11) is 0. The third-order valence-electron chi connectivity index (χ3n) is 3.37. The van der Waals surface area contributed by atoms with Crippen LogP contribution in [0.4, 0.5) is 0 Å². The van der Waals surface area contributed by atoms with Gasteiger partial charge >= 0.3 is 5.97 Å². The predicted molar refractivity (Wildman–Crippen MR) is 69.7 cm³/mol. The number of aliphatic hydroxyl groups is 3. The van der Waals surface area contributed by atoms with Gasteiger partial charge in [0.25, 0.3) is 0 Å². The normalized spacial score (nSPS) is 26.0. The van der Waals surface area contributed by atoms with Crippen molar-refractivity contribution in [2.75, 3.05) is 6.61 Å². The molecule has 1 rings (SSSR count). The molecule has 7 heteroatoms. The lowest BCUT2D eigenvalue weighted by atomic mass is 9.69. The molecule has 1 aliphatic carbocycles. The highest BCUT2D eigenvalue weighted by Gasteiger charge is 2.47. The zero-order chi connectivity index (χ0) is 15.3. The van der Waals surface area contributed by atoms with Gasteiger partial charge < -0.3 is 26.2 Å². The predicted octanol–water partition coefficient (Wildman–Crippen LogP) is -1.43. The van der Waals surface area contributed by atoms with Gasteiger partial charge in [0.05, 0.1) is 30.6 Å². The summed E-state index contributed by atoms with van der Waals surface area (Å²) >= 11 is 0. The number of rotatable bonds is 7. The summed E-state index contributed by atoms with van der Waals surface area (Å²) in [6.07, 6.45) is 2.59. The van der Waals surface area contributed by atoms with Crippen molar-refractivity contribution in [1.29, 1.82) is 0 Å². The van der Waals surface area contributed by atoms with Crippen LogP contribution in [-0.4, -0.2) is 57.0 Å². The lowest BCUT2D eigenvalue weighted by Gasteiger charge is -2.37. The fraction of sp³-hybridized carbons (Fsp3) is 0.538. The minimum absolute atomic E-state index is 0.0773. The van der Waals surface area contributed by atoms with Gasteiger partial charge in [-0.3, -0.25) is 9.59 Å². The van der Waals surface area contributed by atoms with Crippen LogP contribution in [0.15, 0.2) is 24.3 Å². The topological polar surface area (TPSA) is 141 Å². The van der Waals surface area contributed by atoms with E-state index in [-0.39, 0.29) is 6.42 Å². The van der Waals surface area contributed by atoms with E-state index in [1.165, 1.54) is 12.2 Å². The van der Waals surface area contributed by atoms with E-state index in [0.29, 0.717) is 0 Å². The van der Waals surface area contributed by atoms with Crippen molar-refractivity contribution in [2.45, 2.75) is 31.1 Å². The van der Waals surface area contributed by atoms with E-state index in [9.17, 15) is 19.8 Å². The van der Waals surface area contributed by atoms with Gasteiger partial charge in [0, 0.05) is 0 Å². The van der Waals surface area contributed by atoms with E-state index in [2.05, 4.69) is 0 Å². The molecule has 0 fully saturated rings. The van der Waals surface area contributed by atoms with Crippen LogP contribution < -0.4 is 5.73 Å². The van der Waals surface area contributed by atoms with Crippen LogP contribution in [0.1, 0.15) is 12.8 Å². The maximum absolute atomic E-state index is 12.4. The molecule has 0 spiro atoms. The van der Waals surface area contributed by atoms with Gasteiger partial charge in [-0.25, -0.2) is 0 Å². The molecule has 0 saturated carbocycles. The molecular formula is C13H19NO6. The molecule has 20 heavy (non-hydrogen) atoms. The Bertz CT molecular complexity index is 433. The average Bonchev–Trinajstić information content (AvgIpc) is 2.44. The Balaban J connectivity index is 3.06. The fourth-order valence-electron chi connectivity index (χ4n) is 2.25. The number of hydrogen-bond donors (Lipinski definition) is 5. The van der Waals surface area contributed by atoms with Gasteiger partial charge in [-0.15, -0.1) is 0 Å². The molecular weight excluding hydrogens is 266 g/mol. The maximum Gasteiger partial charge on any atom is 0.305 e. The van der Waals surface area contributed by atoms with Crippen LogP contribution in [0.25, 0.3) is 0 Å². The number of ketones is 1. The number of Topliss-reactive ketones (excluding diaryl/α,β-unsaturated/α-hetero) is 1. The summed E-state index contributed by atoms with van der Waals surface area (Å²) < 4.78 is 0. The zero-order valence-electron chi connectivity index (χ0n) is 10.8. The number of aliphatic carboxylic acids is 1. The largest absolute Gasteiger partial charge is 0.481 e. The van der Waals surface area contributed by atoms with Gasteiger partial charge in [-0.2, -0.15) is 0 Å². The molecule has 0 aliphatic heterocycles. The van der Waals surface area contributed by atoms with Gasteiger partial charge in [-0.1, -0.05) is 24.3 Å². The van der Waals surface area contributed by atoms with E-state index < -0.39 is 48.4 Å². The molecule has 0 radical (unpaired) electrons. The van der Waals surface area contributed by atoms with Crippen LogP contribution in [-0.2, 0) is 9.59 Å². The molecule has 0 aromatic heterocycles. The van der Waals surface area contributed by atoms with Crippen molar-refractivity contribution in [1.82, 2.24) is 0 Å². The standard InChI is InChI=1S/C13H19NO6/c14-8(6-10(17)18)11(19)13(4-2-1-3-5-13)12(20)9(16)7-15/h1-4,8-9,12,15-16,20H,5-7,14H2,(H,17,18)/t8-,9?,12?,13?/m0/s1. The molecule has 4 atom stereocenters. The average molecular weight is 285 g/mol. The number of aliphatic hydroxyl groups excluding tert-OH is 3. The molecule has 112 valence electrons. The molecule has 3 unspecified atom stereocenters. The highest BCUT2D eigenvalue weighted by molar-refractivity contribution is 5.94. The quantitative estimate of drug-likeness (QED) is 0.386. The van der Waals surface area contributed by atoms with E-state index >= 15 is 0 Å². The van der Waals surface area contributed by atoms with Crippen molar-refractivity contribution in [3.05, 3.63) is 24.3 Å². The van der Waals surface area contributed by atoms with Gasteiger partial charge in [-0.05, 0) is 6.42 Å². The Morgan fingerprint density at radius 2 is 1.95 bits per heavy atom. The lowest BCUT2D eigenvalue weighted by molar-refractivity contribution is -0.145. The van der Waals surface area contributed by atoms with Crippen molar-refractivity contribution in [3.8, 4) is 0 Å². The molecule has 0 bridgehead atoms. The second-order valence-corrected chi connectivity index (χ2v) is 4.80. The third-order valence-corrected chi connectivity index (χ3v) is 3.37. The molecule has 6 N–H and O–H groups in total. The minimum Gasteiger partial charge on any atom is -0.481 e. The first-order valence-corrected chi connectivity index (χ1v) is 6.18. The van der Waals surface area contributed by atoms with Crippen molar-refractivity contribution < 1.29 is 30.0 Å². The number of carbonyl (C=O) groups excluding carboxylic acids is 1. The first-order valence-electron chi connectivity index (χ1n) is 6.18. The zero-order valence-corrected chi connectivity index (χ0v) is 10.8. The third kappa shape index (κ3) is 3.31. The molecule has 0 aromatic rings. The first-order chi connectivity index (χ1) is 9.35. The Hall–Kier alpha value is -1.54. The number of allylic oxidation sites excluding steroid dienone is 3. The summed E-state index contributed by atoms with van der Waals surface area (Å²) in [5.41, 5.74) is 4.05. The number of hydrogen-bond acceptors (Lipinski definition) is 6. The van der Waals surface area contributed by atoms with Crippen molar-refractivity contribution >= 4 is 11.8 Å². The number of nitrogens with two attached hydrogens (primary N) is 1. The van der Waals surface area contributed by atoms with Crippen LogP contribution >= 0.6 is 0 Å². The fourth-order valence-corrected chi connectivity index (χ4v) is 2.25. The lowest BCUT2D eigenvalue weighted by Crippen LogP contribution is -2.54. The molecule has 0 aromatic carbocycles. The second-order valence-electron chi connectivity index (χ2n) is 4.80. The Morgan fingerprint density at radius 1 is 1.30 bits per heavy atom. The Morgan fingerprint density at radius 3 is 2.40 bits per heavy atom. The molecule has 7 nitrogen and oxygen atoms in total. The molecule has 0 amide bonds. The first kappa shape index (κ1) is 16.5. The van der Waals surface area contributed by atoms with E-state index in [1.807, 2.05) is 0 Å². The highest BCUT2D eigenvalue weighted by atomic mass is 16.4. The Kier molecular flexibility index (Phi) is 5.58. The number of carboxylic acids is 1. The van der Waals surface area contributed by atoms with Crippen LogP contribution in [0, 0.1) is 5.41 Å². The molecule has 1 aliphatic rings. The summed E-state index contributed by atoms with van der Waals surface area (Å²) in [5.74, 6) is -1.91. The van der Waals surface area contributed by atoms with E-state index in [0.717, 1.165) is 0 Å². The Labute approximate surface area is 116 Å².